The summed E-state index contributed by atoms with van der Waals surface area (Å²) in [5.74, 6) is -7.95. The number of aliphatic carboxylic acids is 1. The van der Waals surface area contributed by atoms with Crippen molar-refractivity contribution < 1.29 is 32.2 Å². The molecule has 2 aromatic carbocycles. The number of nitrogens with zero attached hydrogens (tertiary/aromatic N) is 2. The summed E-state index contributed by atoms with van der Waals surface area (Å²) in [5, 5.41) is 15.8. The van der Waals surface area contributed by atoms with Gasteiger partial charge in [-0.3, -0.25) is 5.10 Å². The number of carboxylic acids is 1. The first-order valence-corrected chi connectivity index (χ1v) is 10.4. The fourth-order valence-electron chi connectivity index (χ4n) is 4.64. The summed E-state index contributed by atoms with van der Waals surface area (Å²) in [6.45, 7) is 0.773. The molecule has 2 aromatic heterocycles. The minimum Gasteiger partial charge on any atom is -0.477 e. The highest BCUT2D eigenvalue weighted by atomic mass is 19.3. The minimum absolute atomic E-state index is 0.0391. The first-order chi connectivity index (χ1) is 15.8. The van der Waals surface area contributed by atoms with Gasteiger partial charge in [0.15, 0.2) is 5.82 Å². The third kappa shape index (κ3) is 3.54. The molecule has 0 spiro atoms. The van der Waals surface area contributed by atoms with E-state index >= 15 is 4.39 Å². The maximum absolute atomic E-state index is 15.7. The number of nitrogens with one attached hydrogen (secondary N) is 1. The Bertz CT molecular complexity index is 1360. The standard InChI is InChI=1S/C23H19F4N3O3/c24-14-1-3-15(4-2-14)30-17-9-13-11-28-29-20(13)19(25)18(17)16(10-23(26,27)22(31)32)21(30)12-5-7-33-8-6-12/h1-4,9,11-12H,5-8,10H2,(H,28,29)(H,31,32). The number of H-pyrrole nitrogens is 1. The van der Waals surface area contributed by atoms with Crippen LogP contribution in [0.2, 0.25) is 0 Å². The molecule has 0 saturated carbocycles. The van der Waals surface area contributed by atoms with Gasteiger partial charge in [0.05, 0.1) is 18.1 Å². The lowest BCUT2D eigenvalue weighted by Gasteiger charge is -2.26. The lowest BCUT2D eigenvalue weighted by Crippen LogP contribution is -2.31. The number of alkyl halides is 2. The number of rotatable bonds is 5. The average Bonchev–Trinajstić information content (AvgIpc) is 3.38. The normalized spacial score (nSPS) is 15.5. The van der Waals surface area contributed by atoms with Crippen LogP contribution in [0.5, 0.6) is 0 Å². The number of aromatic nitrogens is 3. The molecule has 0 atom stereocenters. The summed E-state index contributed by atoms with van der Waals surface area (Å²) in [6.07, 6.45) is 1.21. The van der Waals surface area contributed by atoms with Crippen LogP contribution in [0.1, 0.15) is 30.0 Å². The highest BCUT2D eigenvalue weighted by molar-refractivity contribution is 6.00. The van der Waals surface area contributed by atoms with Crippen LogP contribution in [0.3, 0.4) is 0 Å². The molecule has 3 heterocycles. The van der Waals surface area contributed by atoms with Crippen LogP contribution in [-0.2, 0) is 16.0 Å². The van der Waals surface area contributed by atoms with E-state index < -0.39 is 29.9 Å². The van der Waals surface area contributed by atoms with Crippen LogP contribution in [0.25, 0.3) is 27.5 Å². The van der Waals surface area contributed by atoms with E-state index in [2.05, 4.69) is 10.2 Å². The van der Waals surface area contributed by atoms with E-state index in [1.165, 1.54) is 30.5 Å². The molecule has 0 unspecified atom stereocenters. The van der Waals surface area contributed by atoms with Gasteiger partial charge in [-0.15, -0.1) is 0 Å². The van der Waals surface area contributed by atoms with E-state index in [1.807, 2.05) is 0 Å². The van der Waals surface area contributed by atoms with Gasteiger partial charge in [0.25, 0.3) is 0 Å². The summed E-state index contributed by atoms with van der Waals surface area (Å²) >= 11 is 0. The van der Waals surface area contributed by atoms with E-state index in [0.717, 1.165) is 0 Å². The fourth-order valence-corrected chi connectivity index (χ4v) is 4.64. The monoisotopic (exact) mass is 461 g/mol. The number of halogens is 4. The Balaban J connectivity index is 1.90. The maximum atomic E-state index is 15.7. The molecule has 33 heavy (non-hydrogen) atoms. The second-order valence-corrected chi connectivity index (χ2v) is 8.17. The molecule has 0 bridgehead atoms. The third-order valence-corrected chi connectivity index (χ3v) is 6.15. The van der Waals surface area contributed by atoms with Crippen molar-refractivity contribution in [3.05, 3.63) is 59.4 Å². The SMILES string of the molecule is O=C(O)C(F)(F)Cc1c(C2CCOCC2)n(-c2ccc(F)cc2)c2cc3cn[nH]c3c(F)c12. The van der Waals surface area contributed by atoms with E-state index in [9.17, 15) is 18.0 Å². The van der Waals surface area contributed by atoms with Gasteiger partial charge in [0, 0.05) is 41.3 Å². The molecular formula is C23H19F4N3O3. The predicted molar refractivity (Wildman–Crippen MR) is 112 cm³/mol. The summed E-state index contributed by atoms with van der Waals surface area (Å²) in [4.78, 5) is 11.3. The molecule has 0 radical (unpaired) electrons. The zero-order valence-electron chi connectivity index (χ0n) is 17.2. The number of aromatic amines is 1. The number of hydrogen-bond acceptors (Lipinski definition) is 3. The predicted octanol–water partition coefficient (Wildman–Crippen LogP) is 4.94. The number of benzene rings is 2. The zero-order chi connectivity index (χ0) is 23.3. The topological polar surface area (TPSA) is 80.1 Å². The third-order valence-electron chi connectivity index (χ3n) is 6.15. The van der Waals surface area contributed by atoms with Crippen molar-refractivity contribution in [2.75, 3.05) is 13.2 Å². The lowest BCUT2D eigenvalue weighted by atomic mass is 9.90. The molecule has 172 valence electrons. The Hall–Kier alpha value is -3.40. The highest BCUT2D eigenvalue weighted by Crippen LogP contribution is 2.43. The van der Waals surface area contributed by atoms with Gasteiger partial charge in [-0.2, -0.15) is 13.9 Å². The Kier molecular flexibility index (Phi) is 5.12. The zero-order valence-corrected chi connectivity index (χ0v) is 17.2. The molecular weight excluding hydrogens is 442 g/mol. The van der Waals surface area contributed by atoms with Gasteiger partial charge in [-0.05, 0) is 48.7 Å². The van der Waals surface area contributed by atoms with Crippen LogP contribution in [0, 0.1) is 11.6 Å². The van der Waals surface area contributed by atoms with Crippen LogP contribution in [-0.4, -0.2) is 45.0 Å². The molecule has 4 aromatic rings. The fraction of sp³-hybridized carbons (Fsp3) is 0.304. The number of fused-ring (bicyclic) bond motifs is 2. The van der Waals surface area contributed by atoms with Crippen molar-refractivity contribution in [2.45, 2.75) is 31.1 Å². The largest absolute Gasteiger partial charge is 0.477 e. The number of hydrogen-bond donors (Lipinski definition) is 2. The smallest absolute Gasteiger partial charge is 0.374 e. The molecule has 1 aliphatic heterocycles. The van der Waals surface area contributed by atoms with E-state index in [4.69, 9.17) is 9.84 Å². The van der Waals surface area contributed by atoms with Crippen LogP contribution < -0.4 is 0 Å². The minimum atomic E-state index is -4.11. The van der Waals surface area contributed by atoms with Crippen molar-refractivity contribution in [1.29, 1.82) is 0 Å². The molecule has 1 aliphatic rings. The molecule has 2 N–H and O–H groups in total. The van der Waals surface area contributed by atoms with E-state index in [-0.39, 0.29) is 27.9 Å². The first kappa shape index (κ1) is 21.4. The van der Waals surface area contributed by atoms with Crippen LogP contribution in [0.4, 0.5) is 17.6 Å². The second-order valence-electron chi connectivity index (χ2n) is 8.17. The van der Waals surface area contributed by atoms with Crippen LogP contribution in [0.15, 0.2) is 36.5 Å². The van der Waals surface area contributed by atoms with Gasteiger partial charge in [0.1, 0.15) is 11.3 Å². The molecule has 6 nitrogen and oxygen atoms in total. The Morgan fingerprint density at radius 2 is 1.91 bits per heavy atom. The first-order valence-electron chi connectivity index (χ1n) is 10.4. The molecule has 0 aliphatic carbocycles. The van der Waals surface area contributed by atoms with Gasteiger partial charge in [-0.25, -0.2) is 13.6 Å². The summed E-state index contributed by atoms with van der Waals surface area (Å²) < 4.78 is 65.5. The highest BCUT2D eigenvalue weighted by Gasteiger charge is 2.42. The number of ether oxygens (including phenoxy) is 1. The molecule has 5 rings (SSSR count). The Morgan fingerprint density at radius 1 is 1.21 bits per heavy atom. The van der Waals surface area contributed by atoms with Crippen molar-refractivity contribution in [1.82, 2.24) is 14.8 Å². The summed E-state index contributed by atoms with van der Waals surface area (Å²) in [7, 11) is 0. The van der Waals surface area contributed by atoms with Crippen molar-refractivity contribution in [2.24, 2.45) is 0 Å². The molecule has 1 saturated heterocycles. The van der Waals surface area contributed by atoms with Gasteiger partial charge in [-0.1, -0.05) is 0 Å². The van der Waals surface area contributed by atoms with Gasteiger partial charge >= 0.3 is 11.9 Å². The molecule has 0 amide bonds. The quantitative estimate of drug-likeness (QED) is 0.413. The van der Waals surface area contributed by atoms with Gasteiger partial charge < -0.3 is 14.4 Å². The lowest BCUT2D eigenvalue weighted by molar-refractivity contribution is -0.164. The van der Waals surface area contributed by atoms with E-state index in [0.29, 0.717) is 42.8 Å². The Labute approximate surface area is 184 Å². The summed E-state index contributed by atoms with van der Waals surface area (Å²) in [5.41, 5.74) is 1.08. The molecule has 1 fully saturated rings. The van der Waals surface area contributed by atoms with Gasteiger partial charge in [0.2, 0.25) is 0 Å². The second kappa shape index (κ2) is 7.87. The van der Waals surface area contributed by atoms with Crippen molar-refractivity contribution >= 4 is 27.8 Å². The van der Waals surface area contributed by atoms with Crippen LogP contribution >= 0.6 is 0 Å². The summed E-state index contributed by atoms with van der Waals surface area (Å²) in [6, 6.07) is 7.04. The molecule has 10 heteroatoms. The van der Waals surface area contributed by atoms with E-state index in [1.54, 1.807) is 10.6 Å². The van der Waals surface area contributed by atoms with Crippen molar-refractivity contribution in [3.8, 4) is 5.69 Å². The number of carbonyl (C=O) groups is 1. The average molecular weight is 461 g/mol. The maximum Gasteiger partial charge on any atom is 0.374 e. The van der Waals surface area contributed by atoms with Crippen molar-refractivity contribution in [3.63, 3.8) is 0 Å². The Morgan fingerprint density at radius 3 is 2.58 bits per heavy atom. The number of carboxylic acid groups (broad SMARTS) is 1.